The van der Waals surface area contributed by atoms with E-state index in [-0.39, 0.29) is 24.0 Å². The summed E-state index contributed by atoms with van der Waals surface area (Å²) in [5, 5.41) is 3.36. The zero-order chi connectivity index (χ0) is 16.2. The first-order valence-electron chi connectivity index (χ1n) is 8.33. The molecule has 0 spiro atoms. The SMILES string of the molecule is CCCCN(C)C(=NCCCc1cccc(OC)c1)NCC.I. The lowest BCUT2D eigenvalue weighted by molar-refractivity contribution is 0.414. The highest BCUT2D eigenvalue weighted by Gasteiger charge is 2.04. The van der Waals surface area contributed by atoms with Crippen LogP contribution in [0.25, 0.3) is 0 Å². The Balaban J connectivity index is 0.00000484. The fourth-order valence-electron chi connectivity index (χ4n) is 2.27. The van der Waals surface area contributed by atoms with Crippen molar-refractivity contribution in [2.24, 2.45) is 4.99 Å². The summed E-state index contributed by atoms with van der Waals surface area (Å²) >= 11 is 0. The monoisotopic (exact) mass is 433 g/mol. The summed E-state index contributed by atoms with van der Waals surface area (Å²) < 4.78 is 5.26. The predicted molar refractivity (Wildman–Crippen MR) is 110 cm³/mol. The average molecular weight is 433 g/mol. The standard InChI is InChI=1S/C18H31N3O.HI/c1-5-7-14-21(3)18(19-6-2)20-13-9-11-16-10-8-12-17(15-16)22-4;/h8,10,12,15H,5-7,9,11,13-14H2,1-4H3,(H,19,20);1H. The highest BCUT2D eigenvalue weighted by atomic mass is 127. The molecule has 0 aliphatic rings. The molecular weight excluding hydrogens is 401 g/mol. The third-order valence-electron chi connectivity index (χ3n) is 3.56. The van der Waals surface area contributed by atoms with Crippen LogP contribution in [-0.4, -0.2) is 44.7 Å². The van der Waals surface area contributed by atoms with Crippen molar-refractivity contribution in [2.45, 2.75) is 39.5 Å². The average Bonchev–Trinajstić information content (AvgIpc) is 2.55. The van der Waals surface area contributed by atoms with Gasteiger partial charge in [0.1, 0.15) is 5.75 Å². The first-order valence-corrected chi connectivity index (χ1v) is 8.33. The summed E-state index contributed by atoms with van der Waals surface area (Å²) in [4.78, 5) is 6.94. The molecule has 0 heterocycles. The van der Waals surface area contributed by atoms with Crippen molar-refractivity contribution in [3.8, 4) is 5.75 Å². The van der Waals surface area contributed by atoms with Crippen molar-refractivity contribution >= 4 is 29.9 Å². The van der Waals surface area contributed by atoms with Gasteiger partial charge >= 0.3 is 0 Å². The van der Waals surface area contributed by atoms with Crippen LogP contribution in [0.3, 0.4) is 0 Å². The van der Waals surface area contributed by atoms with E-state index >= 15 is 0 Å². The molecule has 0 unspecified atom stereocenters. The normalized spacial score (nSPS) is 10.9. The number of aliphatic imine (C=N–C) groups is 1. The van der Waals surface area contributed by atoms with E-state index in [0.29, 0.717) is 0 Å². The maximum Gasteiger partial charge on any atom is 0.193 e. The molecular formula is C18H32IN3O. The topological polar surface area (TPSA) is 36.9 Å². The Bertz CT molecular complexity index is 452. The van der Waals surface area contributed by atoms with Crippen LogP contribution in [0, 0.1) is 0 Å². The van der Waals surface area contributed by atoms with Crippen molar-refractivity contribution in [2.75, 3.05) is 33.8 Å². The highest BCUT2D eigenvalue weighted by Crippen LogP contribution is 2.13. The molecule has 1 aromatic rings. The number of halogens is 1. The van der Waals surface area contributed by atoms with E-state index in [2.05, 4.69) is 43.2 Å². The molecule has 0 bridgehead atoms. The molecule has 1 aromatic carbocycles. The number of unbranched alkanes of at least 4 members (excludes halogenated alkanes) is 1. The molecule has 0 aliphatic carbocycles. The van der Waals surface area contributed by atoms with Crippen LogP contribution in [-0.2, 0) is 6.42 Å². The van der Waals surface area contributed by atoms with E-state index in [1.54, 1.807) is 7.11 Å². The molecule has 0 saturated carbocycles. The molecule has 0 aliphatic heterocycles. The Kier molecular flexibility index (Phi) is 12.9. The maximum absolute atomic E-state index is 5.26. The molecule has 0 radical (unpaired) electrons. The quantitative estimate of drug-likeness (QED) is 0.277. The van der Waals surface area contributed by atoms with Crippen molar-refractivity contribution < 1.29 is 4.74 Å². The molecule has 0 aromatic heterocycles. The van der Waals surface area contributed by atoms with E-state index in [4.69, 9.17) is 9.73 Å². The van der Waals surface area contributed by atoms with Crippen LogP contribution < -0.4 is 10.1 Å². The third kappa shape index (κ3) is 9.03. The van der Waals surface area contributed by atoms with Gasteiger partial charge < -0.3 is 15.0 Å². The molecule has 132 valence electrons. The molecule has 0 saturated heterocycles. The van der Waals surface area contributed by atoms with Gasteiger partial charge in [0.25, 0.3) is 0 Å². The second-order valence-corrected chi connectivity index (χ2v) is 5.47. The number of aryl methyl sites for hydroxylation is 1. The number of methoxy groups -OCH3 is 1. The zero-order valence-corrected chi connectivity index (χ0v) is 17.3. The number of nitrogens with zero attached hydrogens (tertiary/aromatic N) is 2. The smallest absolute Gasteiger partial charge is 0.193 e. The Morgan fingerprint density at radius 3 is 2.70 bits per heavy atom. The minimum absolute atomic E-state index is 0. The number of ether oxygens (including phenoxy) is 1. The van der Waals surface area contributed by atoms with Gasteiger partial charge in [-0.15, -0.1) is 24.0 Å². The number of nitrogens with one attached hydrogen (secondary N) is 1. The van der Waals surface area contributed by atoms with E-state index in [1.165, 1.54) is 18.4 Å². The summed E-state index contributed by atoms with van der Waals surface area (Å²) in [6.07, 6.45) is 4.48. The molecule has 1 N–H and O–H groups in total. The largest absolute Gasteiger partial charge is 0.497 e. The molecule has 5 heteroatoms. The number of benzene rings is 1. The molecule has 0 fully saturated rings. The molecule has 0 atom stereocenters. The number of hydrogen-bond acceptors (Lipinski definition) is 2. The zero-order valence-electron chi connectivity index (χ0n) is 15.0. The second kappa shape index (κ2) is 13.5. The minimum Gasteiger partial charge on any atom is -0.497 e. The van der Waals surface area contributed by atoms with Crippen LogP contribution >= 0.6 is 24.0 Å². The fraction of sp³-hybridized carbons (Fsp3) is 0.611. The lowest BCUT2D eigenvalue weighted by atomic mass is 10.1. The van der Waals surface area contributed by atoms with Gasteiger partial charge in [-0.25, -0.2) is 0 Å². The number of hydrogen-bond donors (Lipinski definition) is 1. The van der Waals surface area contributed by atoms with Crippen molar-refractivity contribution in [3.05, 3.63) is 29.8 Å². The van der Waals surface area contributed by atoms with Crippen molar-refractivity contribution in [1.29, 1.82) is 0 Å². The van der Waals surface area contributed by atoms with Crippen LogP contribution in [0.5, 0.6) is 5.75 Å². The molecule has 23 heavy (non-hydrogen) atoms. The summed E-state index contributed by atoms with van der Waals surface area (Å²) in [5.74, 6) is 1.94. The van der Waals surface area contributed by atoms with Gasteiger partial charge in [0.15, 0.2) is 5.96 Å². The summed E-state index contributed by atoms with van der Waals surface area (Å²) in [6, 6.07) is 8.26. The first-order chi connectivity index (χ1) is 10.7. The predicted octanol–water partition coefficient (Wildman–Crippen LogP) is 3.94. The van der Waals surface area contributed by atoms with Crippen molar-refractivity contribution in [3.63, 3.8) is 0 Å². The lowest BCUT2D eigenvalue weighted by Gasteiger charge is -2.21. The molecule has 4 nitrogen and oxygen atoms in total. The van der Waals surface area contributed by atoms with Gasteiger partial charge in [0.05, 0.1) is 7.11 Å². The Hall–Kier alpha value is -0.980. The van der Waals surface area contributed by atoms with Crippen LogP contribution in [0.15, 0.2) is 29.3 Å². The second-order valence-electron chi connectivity index (χ2n) is 5.47. The van der Waals surface area contributed by atoms with Crippen LogP contribution in [0.4, 0.5) is 0 Å². The highest BCUT2D eigenvalue weighted by molar-refractivity contribution is 14.0. The lowest BCUT2D eigenvalue weighted by Crippen LogP contribution is -2.39. The number of rotatable bonds is 9. The van der Waals surface area contributed by atoms with Gasteiger partial charge in [0, 0.05) is 26.7 Å². The number of guanidine groups is 1. The Labute approximate surface area is 158 Å². The van der Waals surface area contributed by atoms with Crippen LogP contribution in [0.1, 0.15) is 38.7 Å². The Morgan fingerprint density at radius 1 is 1.26 bits per heavy atom. The van der Waals surface area contributed by atoms with E-state index < -0.39 is 0 Å². The van der Waals surface area contributed by atoms with Gasteiger partial charge in [-0.05, 0) is 43.9 Å². The summed E-state index contributed by atoms with van der Waals surface area (Å²) in [5.41, 5.74) is 1.30. The van der Waals surface area contributed by atoms with Crippen molar-refractivity contribution in [1.82, 2.24) is 10.2 Å². The fourth-order valence-corrected chi connectivity index (χ4v) is 2.27. The molecule has 1 rings (SSSR count). The summed E-state index contributed by atoms with van der Waals surface area (Å²) in [6.45, 7) is 7.13. The van der Waals surface area contributed by atoms with Gasteiger partial charge in [0.2, 0.25) is 0 Å². The van der Waals surface area contributed by atoms with E-state index in [0.717, 1.165) is 44.2 Å². The Morgan fingerprint density at radius 2 is 2.04 bits per heavy atom. The molecule has 0 amide bonds. The van der Waals surface area contributed by atoms with Crippen LogP contribution in [0.2, 0.25) is 0 Å². The van der Waals surface area contributed by atoms with E-state index in [1.807, 2.05) is 12.1 Å². The van der Waals surface area contributed by atoms with E-state index in [9.17, 15) is 0 Å². The minimum atomic E-state index is 0. The maximum atomic E-state index is 5.26. The third-order valence-corrected chi connectivity index (χ3v) is 3.56. The first kappa shape index (κ1) is 22.0. The van der Waals surface area contributed by atoms with Gasteiger partial charge in [-0.2, -0.15) is 0 Å². The van der Waals surface area contributed by atoms with Gasteiger partial charge in [-0.3, -0.25) is 4.99 Å². The summed E-state index contributed by atoms with van der Waals surface area (Å²) in [7, 11) is 3.82. The van der Waals surface area contributed by atoms with Gasteiger partial charge in [-0.1, -0.05) is 25.5 Å².